The van der Waals surface area contributed by atoms with Crippen LogP contribution in [0.25, 0.3) is 5.57 Å². The van der Waals surface area contributed by atoms with Crippen LogP contribution in [0.5, 0.6) is 11.5 Å². The lowest BCUT2D eigenvalue weighted by Crippen LogP contribution is -2.66. The Bertz CT molecular complexity index is 2470. The number of piperazine rings is 1. The first-order valence-corrected chi connectivity index (χ1v) is 22.4. The summed E-state index contributed by atoms with van der Waals surface area (Å²) >= 11 is 25.4. The number of hydrogen-bond donors (Lipinski definition) is 2. The van der Waals surface area contributed by atoms with Gasteiger partial charge in [0.15, 0.2) is 23.0 Å². The van der Waals surface area contributed by atoms with Gasteiger partial charge in [0, 0.05) is 36.3 Å². The van der Waals surface area contributed by atoms with Gasteiger partial charge >= 0.3 is 12.2 Å². The molecule has 2 heterocycles. The summed E-state index contributed by atoms with van der Waals surface area (Å²) in [6.07, 6.45) is 0.609. The molecule has 66 heavy (non-hydrogen) atoms. The smallest absolute Gasteiger partial charge is 0.415 e. The fraction of sp³-hybridized carbons (Fsp3) is 0.370. The third-order valence-corrected chi connectivity index (χ3v) is 13.3. The Labute approximate surface area is 398 Å². The van der Waals surface area contributed by atoms with Gasteiger partial charge in [0.05, 0.1) is 30.7 Å². The highest BCUT2D eigenvalue weighted by atomic mass is 35.6. The second kappa shape index (κ2) is 20.6. The van der Waals surface area contributed by atoms with Crippen LogP contribution in [-0.2, 0) is 33.9 Å². The number of fused-ring (bicyclic) bond motifs is 2. The fourth-order valence-corrected chi connectivity index (χ4v) is 8.20. The van der Waals surface area contributed by atoms with Crippen LogP contribution < -0.4 is 9.47 Å². The minimum atomic E-state index is -2.05. The Balaban J connectivity index is 1.24. The summed E-state index contributed by atoms with van der Waals surface area (Å²) in [7, 11) is 0. The maximum atomic E-state index is 15.4. The Morgan fingerprint density at radius 1 is 0.864 bits per heavy atom. The number of alkyl halides is 3. The number of halogens is 7. The van der Waals surface area contributed by atoms with Crippen molar-refractivity contribution in [3.63, 3.8) is 0 Å². The minimum Gasteiger partial charge on any atom is -0.488 e. The number of hydrogen-bond acceptors (Lipinski definition) is 10. The molecule has 1 saturated carbocycles. The minimum absolute atomic E-state index is 0.0626. The summed E-state index contributed by atoms with van der Waals surface area (Å²) in [6, 6.07) is 20.2. The average Bonchev–Trinajstić information content (AvgIpc) is 4.11. The van der Waals surface area contributed by atoms with Gasteiger partial charge in [-0.3, -0.25) is 20.1 Å². The number of amides is 3. The van der Waals surface area contributed by atoms with Crippen LogP contribution in [-0.4, -0.2) is 95.8 Å². The normalized spacial score (nSPS) is 17.5. The molecule has 352 valence electrons. The van der Waals surface area contributed by atoms with Crippen LogP contribution in [0.2, 0.25) is 5.02 Å². The summed E-state index contributed by atoms with van der Waals surface area (Å²) in [5.41, 5.74) is 1.86. The molecule has 0 aromatic heterocycles. The van der Waals surface area contributed by atoms with Crippen molar-refractivity contribution in [2.45, 2.75) is 86.6 Å². The van der Waals surface area contributed by atoms with Gasteiger partial charge in [0.1, 0.15) is 5.75 Å². The van der Waals surface area contributed by atoms with Crippen LogP contribution >= 0.6 is 46.4 Å². The zero-order valence-electron chi connectivity index (χ0n) is 35.6. The molecule has 13 nitrogen and oxygen atoms in total. The van der Waals surface area contributed by atoms with E-state index in [9.17, 15) is 22.8 Å². The number of rotatable bonds is 15. The van der Waals surface area contributed by atoms with E-state index in [0.717, 1.165) is 24.5 Å². The van der Waals surface area contributed by atoms with Crippen LogP contribution in [0.1, 0.15) is 61.8 Å². The molecule has 3 amide bonds. The molecule has 2 unspecified atom stereocenters. The van der Waals surface area contributed by atoms with Crippen molar-refractivity contribution in [1.82, 2.24) is 20.1 Å². The number of carbonyl (C=O) groups is 3. The standard InChI is InChI=1S/C46H45Cl4F3N4O9/c1-45(2,46(48,49)50)66-44(60)56-32-22-34(29-14-12-27(13-15-29)8-6-20-63-41-37(52)19-18-36(51)40(41)53)39(42(58)55(31-16-17-31)23-30-9-3-4-11-35(30)47)38(56)25-54(24-32)43(59)65-33-10-5-7-28(21-33)26-64-57(61)62/h3-5,7,9-15,18-19,21,31-32,38,61-62H,6,8,16-17,20,22-26H2,1-2H3. The Hall–Kier alpha value is -4.78. The quantitative estimate of drug-likeness (QED) is 0.0512. The first-order chi connectivity index (χ1) is 31.3. The molecule has 20 heteroatoms. The molecule has 2 fully saturated rings. The molecule has 4 aromatic rings. The summed E-state index contributed by atoms with van der Waals surface area (Å²) in [5, 5.41) is 18.0. The molecule has 2 bridgehead atoms. The highest BCUT2D eigenvalue weighted by molar-refractivity contribution is 6.68. The Morgan fingerprint density at radius 3 is 2.26 bits per heavy atom. The van der Waals surface area contributed by atoms with Gasteiger partial charge in [-0.1, -0.05) is 101 Å². The van der Waals surface area contributed by atoms with Gasteiger partial charge in [0.25, 0.3) is 5.91 Å². The Kier molecular flexibility index (Phi) is 15.3. The predicted octanol–water partition coefficient (Wildman–Crippen LogP) is 10.5. The molecular formula is C46H45Cl4F3N4O9. The van der Waals surface area contributed by atoms with Crippen LogP contribution in [0, 0.1) is 17.5 Å². The number of nitrogens with zero attached hydrogens (tertiary/aromatic N) is 4. The molecule has 7 rings (SSSR count). The fourth-order valence-electron chi connectivity index (χ4n) is 7.89. The summed E-state index contributed by atoms with van der Waals surface area (Å²) < 4.78 is 56.9. The van der Waals surface area contributed by atoms with E-state index in [1.165, 1.54) is 35.8 Å². The summed E-state index contributed by atoms with van der Waals surface area (Å²) in [5.74, 6) is -4.70. The molecule has 4 aromatic carbocycles. The predicted molar refractivity (Wildman–Crippen MR) is 238 cm³/mol. The van der Waals surface area contributed by atoms with Crippen LogP contribution in [0.15, 0.2) is 90.5 Å². The van der Waals surface area contributed by atoms with E-state index in [1.807, 2.05) is 36.4 Å². The molecule has 1 aliphatic carbocycles. The third kappa shape index (κ3) is 11.5. The van der Waals surface area contributed by atoms with Crippen molar-refractivity contribution in [3.8, 4) is 11.5 Å². The van der Waals surface area contributed by atoms with Crippen LogP contribution in [0.4, 0.5) is 22.8 Å². The van der Waals surface area contributed by atoms with Crippen molar-refractivity contribution >= 4 is 70.1 Å². The molecule has 2 atom stereocenters. The number of ether oxygens (including phenoxy) is 3. The SMILES string of the molecule is CC(C)(OC(=O)N1C2CC(c3ccc(CCCOc4c(F)ccc(F)c4F)cc3)=C(C(=O)N(Cc3ccccc3Cl)C3CC3)C1CN(C(=O)Oc1cccc(CON(O)O)c1)C2)C(Cl)(Cl)Cl. The third-order valence-electron chi connectivity index (χ3n) is 11.5. The number of aryl methyl sites for hydroxylation is 1. The molecular weight excluding hydrogens is 951 g/mol. The summed E-state index contributed by atoms with van der Waals surface area (Å²) in [4.78, 5) is 53.2. The lowest BCUT2D eigenvalue weighted by Gasteiger charge is -2.51. The van der Waals surface area contributed by atoms with Gasteiger partial charge in [-0.2, -0.15) is 4.39 Å². The molecule has 1 saturated heterocycles. The molecule has 3 aliphatic rings. The first-order valence-electron chi connectivity index (χ1n) is 20.9. The Morgan fingerprint density at radius 2 is 1.58 bits per heavy atom. The monoisotopic (exact) mass is 994 g/mol. The average molecular weight is 997 g/mol. The second-order valence-corrected chi connectivity index (χ2v) is 19.3. The van der Waals surface area contributed by atoms with E-state index in [1.54, 1.807) is 29.2 Å². The molecule has 2 aliphatic heterocycles. The van der Waals surface area contributed by atoms with Crippen molar-refractivity contribution in [1.29, 1.82) is 0 Å². The largest absolute Gasteiger partial charge is 0.488 e. The van der Waals surface area contributed by atoms with Crippen molar-refractivity contribution < 1.29 is 57.0 Å². The van der Waals surface area contributed by atoms with Crippen molar-refractivity contribution in [2.24, 2.45) is 0 Å². The van der Waals surface area contributed by atoms with Gasteiger partial charge in [0.2, 0.25) is 9.61 Å². The topological polar surface area (TPSA) is 142 Å². The van der Waals surface area contributed by atoms with Gasteiger partial charge < -0.3 is 24.0 Å². The maximum Gasteiger partial charge on any atom is 0.415 e. The van der Waals surface area contributed by atoms with E-state index in [2.05, 4.69) is 0 Å². The molecule has 0 spiro atoms. The van der Waals surface area contributed by atoms with E-state index >= 15 is 4.79 Å². The summed E-state index contributed by atoms with van der Waals surface area (Å²) in [6.45, 7) is 2.40. The molecule has 0 radical (unpaired) electrons. The zero-order chi connectivity index (χ0) is 47.5. The van der Waals surface area contributed by atoms with Gasteiger partial charge in [-0.25, -0.2) is 23.2 Å². The van der Waals surface area contributed by atoms with Crippen LogP contribution in [0.3, 0.4) is 0 Å². The molecule has 2 N–H and O–H groups in total. The van der Waals surface area contributed by atoms with Gasteiger partial charge in [-0.05, 0) is 104 Å². The number of carbonyl (C=O) groups excluding carboxylic acids is 3. The number of benzene rings is 4. The van der Waals surface area contributed by atoms with Gasteiger partial charge in [-0.15, -0.1) is 0 Å². The van der Waals surface area contributed by atoms with E-state index in [0.29, 0.717) is 46.2 Å². The lowest BCUT2D eigenvalue weighted by atomic mass is 9.81. The zero-order valence-corrected chi connectivity index (χ0v) is 38.6. The first kappa shape index (κ1) is 49.1. The lowest BCUT2D eigenvalue weighted by molar-refractivity contribution is -0.497. The highest BCUT2D eigenvalue weighted by Gasteiger charge is 2.52. The second-order valence-electron chi connectivity index (χ2n) is 16.6. The van der Waals surface area contributed by atoms with E-state index in [4.69, 9.17) is 75.9 Å². The van der Waals surface area contributed by atoms with Crippen molar-refractivity contribution in [3.05, 3.63) is 135 Å². The van der Waals surface area contributed by atoms with E-state index in [-0.39, 0.29) is 56.6 Å². The van der Waals surface area contributed by atoms with E-state index < -0.39 is 68.2 Å². The van der Waals surface area contributed by atoms with Crippen molar-refractivity contribution in [2.75, 3.05) is 19.7 Å². The highest BCUT2D eigenvalue weighted by Crippen LogP contribution is 2.45. The maximum absolute atomic E-state index is 15.4.